The molecule has 0 saturated heterocycles. The van der Waals surface area contributed by atoms with Crippen LogP contribution in [0.4, 0.5) is 5.69 Å². The molecule has 106 valence electrons. The van der Waals surface area contributed by atoms with E-state index in [1.54, 1.807) is 12.1 Å². The van der Waals surface area contributed by atoms with Crippen molar-refractivity contribution in [2.45, 2.75) is 18.9 Å². The quantitative estimate of drug-likeness (QED) is 0.675. The van der Waals surface area contributed by atoms with Gasteiger partial charge in [-0.25, -0.2) is 0 Å². The van der Waals surface area contributed by atoms with Gasteiger partial charge in [0.1, 0.15) is 6.10 Å². The Bertz CT molecular complexity index is 704. The zero-order valence-corrected chi connectivity index (χ0v) is 11.4. The summed E-state index contributed by atoms with van der Waals surface area (Å²) in [5, 5.41) is 21.1. The molecule has 21 heavy (non-hydrogen) atoms. The minimum atomic E-state index is -0.592. The van der Waals surface area contributed by atoms with Crippen LogP contribution in [0, 0.1) is 10.1 Å². The van der Waals surface area contributed by atoms with E-state index in [-0.39, 0.29) is 5.69 Å². The number of nitro benzene ring substituents is 1. The van der Waals surface area contributed by atoms with E-state index < -0.39 is 11.0 Å². The highest BCUT2D eigenvalue weighted by molar-refractivity contribution is 5.58. The van der Waals surface area contributed by atoms with Crippen LogP contribution in [0.15, 0.2) is 54.1 Å². The molecule has 0 aliphatic heterocycles. The van der Waals surface area contributed by atoms with Gasteiger partial charge in [-0.2, -0.15) is 0 Å². The molecule has 1 atom stereocenters. The van der Waals surface area contributed by atoms with Crippen molar-refractivity contribution in [3.05, 3.63) is 80.9 Å². The Kier molecular flexibility index (Phi) is 3.54. The molecule has 0 fully saturated rings. The van der Waals surface area contributed by atoms with Crippen molar-refractivity contribution in [2.24, 2.45) is 0 Å². The summed E-state index contributed by atoms with van der Waals surface area (Å²) in [4.78, 5) is 10.2. The Morgan fingerprint density at radius 1 is 1.10 bits per heavy atom. The van der Waals surface area contributed by atoms with E-state index in [1.165, 1.54) is 17.7 Å². The summed E-state index contributed by atoms with van der Waals surface area (Å²) < 4.78 is 0. The summed E-state index contributed by atoms with van der Waals surface area (Å²) in [5.41, 5.74) is 4.03. The third-order valence-electron chi connectivity index (χ3n) is 3.84. The van der Waals surface area contributed by atoms with E-state index in [0.717, 1.165) is 29.5 Å². The molecular weight excluding hydrogens is 266 g/mol. The average molecular weight is 281 g/mol. The highest BCUT2D eigenvalue weighted by Crippen LogP contribution is 2.34. The topological polar surface area (TPSA) is 63.4 Å². The third kappa shape index (κ3) is 2.71. The molecule has 1 unspecified atom stereocenters. The molecule has 4 nitrogen and oxygen atoms in total. The van der Waals surface area contributed by atoms with Crippen molar-refractivity contribution < 1.29 is 10.0 Å². The first kappa shape index (κ1) is 13.5. The predicted octanol–water partition coefficient (Wildman–Crippen LogP) is 3.66. The molecule has 0 amide bonds. The van der Waals surface area contributed by atoms with Gasteiger partial charge in [0.25, 0.3) is 5.69 Å². The summed E-state index contributed by atoms with van der Waals surface area (Å²) in [5.74, 6) is 0. The van der Waals surface area contributed by atoms with Gasteiger partial charge in [-0.15, -0.1) is 0 Å². The van der Waals surface area contributed by atoms with Crippen LogP contribution < -0.4 is 0 Å². The van der Waals surface area contributed by atoms with Gasteiger partial charge in [0, 0.05) is 12.1 Å². The van der Waals surface area contributed by atoms with Crippen molar-refractivity contribution >= 4 is 11.8 Å². The predicted molar refractivity (Wildman–Crippen MR) is 80.8 cm³/mol. The molecule has 1 aliphatic carbocycles. The van der Waals surface area contributed by atoms with E-state index in [2.05, 4.69) is 0 Å². The molecule has 0 radical (unpaired) electrons. The Morgan fingerprint density at radius 2 is 1.81 bits per heavy atom. The van der Waals surface area contributed by atoms with Crippen LogP contribution in [0.25, 0.3) is 6.08 Å². The maximum Gasteiger partial charge on any atom is 0.269 e. The molecule has 1 N–H and O–H groups in total. The number of aliphatic hydroxyl groups excluding tert-OH is 1. The molecule has 1 aliphatic rings. The van der Waals surface area contributed by atoms with Crippen molar-refractivity contribution in [3.63, 3.8) is 0 Å². The Labute approximate surface area is 122 Å². The minimum absolute atomic E-state index is 0.0756. The van der Waals surface area contributed by atoms with Crippen LogP contribution in [0.1, 0.15) is 29.2 Å². The number of benzene rings is 2. The van der Waals surface area contributed by atoms with Crippen LogP contribution in [-0.2, 0) is 6.42 Å². The second-order valence-electron chi connectivity index (χ2n) is 5.17. The molecule has 0 spiro atoms. The fourth-order valence-corrected chi connectivity index (χ4v) is 2.70. The lowest BCUT2D eigenvalue weighted by molar-refractivity contribution is -0.384. The second-order valence-corrected chi connectivity index (χ2v) is 5.17. The number of hydrogen-bond donors (Lipinski definition) is 1. The normalized spacial score (nSPS) is 19.3. The van der Waals surface area contributed by atoms with E-state index >= 15 is 0 Å². The molecule has 2 aromatic carbocycles. The molecular formula is C17H15NO3. The lowest BCUT2D eigenvalue weighted by Gasteiger charge is -2.24. The molecule has 3 rings (SSSR count). The van der Waals surface area contributed by atoms with Gasteiger partial charge in [-0.05, 0) is 47.2 Å². The van der Waals surface area contributed by atoms with Gasteiger partial charge in [0.15, 0.2) is 0 Å². The zero-order valence-electron chi connectivity index (χ0n) is 11.4. The van der Waals surface area contributed by atoms with Gasteiger partial charge in [-0.1, -0.05) is 30.3 Å². The number of fused-ring (bicyclic) bond motifs is 1. The Balaban J connectivity index is 1.89. The fourth-order valence-electron chi connectivity index (χ4n) is 2.70. The third-order valence-corrected chi connectivity index (χ3v) is 3.84. The summed E-state index contributed by atoms with van der Waals surface area (Å²) >= 11 is 0. The van der Waals surface area contributed by atoms with E-state index in [9.17, 15) is 15.2 Å². The van der Waals surface area contributed by atoms with Gasteiger partial charge >= 0.3 is 0 Å². The number of nitrogens with zero attached hydrogens (tertiary/aromatic N) is 1. The lowest BCUT2D eigenvalue weighted by atomic mass is 9.85. The van der Waals surface area contributed by atoms with Gasteiger partial charge in [-0.3, -0.25) is 10.1 Å². The van der Waals surface area contributed by atoms with Crippen molar-refractivity contribution in [1.82, 2.24) is 0 Å². The number of hydrogen-bond acceptors (Lipinski definition) is 3. The lowest BCUT2D eigenvalue weighted by Crippen LogP contribution is -2.11. The Morgan fingerprint density at radius 3 is 2.52 bits per heavy atom. The minimum Gasteiger partial charge on any atom is -0.384 e. The number of rotatable bonds is 2. The first-order valence-corrected chi connectivity index (χ1v) is 6.86. The fraction of sp³-hybridized carbons (Fsp3) is 0.176. The van der Waals surface area contributed by atoms with E-state index in [4.69, 9.17) is 0 Å². The highest BCUT2D eigenvalue weighted by atomic mass is 16.6. The summed E-state index contributed by atoms with van der Waals surface area (Å²) in [7, 11) is 0. The van der Waals surface area contributed by atoms with Crippen LogP contribution in [0.5, 0.6) is 0 Å². The standard InChI is InChI=1S/C17H15NO3/c19-17-14(8-7-13-3-1-2-4-16(13)17)11-12-5-9-15(10-6-12)18(20)21/h1-6,9-11,17,19H,7-8H2/b14-11+. The van der Waals surface area contributed by atoms with Gasteiger partial charge in [0.05, 0.1) is 4.92 Å². The first-order valence-electron chi connectivity index (χ1n) is 6.86. The van der Waals surface area contributed by atoms with Gasteiger partial charge in [0.2, 0.25) is 0 Å². The summed E-state index contributed by atoms with van der Waals surface area (Å²) in [6.45, 7) is 0. The molecule has 0 bridgehead atoms. The SMILES string of the molecule is O=[N+]([O-])c1ccc(/C=C2\CCc3ccccc3C2O)cc1. The molecule has 0 heterocycles. The van der Waals surface area contributed by atoms with E-state index in [1.807, 2.05) is 30.3 Å². The maximum atomic E-state index is 10.6. The van der Waals surface area contributed by atoms with Crippen LogP contribution >= 0.6 is 0 Å². The number of nitro groups is 1. The molecule has 2 aromatic rings. The number of non-ortho nitro benzene ring substituents is 1. The van der Waals surface area contributed by atoms with Crippen LogP contribution in [-0.4, -0.2) is 10.0 Å². The average Bonchev–Trinajstić information content (AvgIpc) is 2.51. The van der Waals surface area contributed by atoms with Crippen molar-refractivity contribution in [3.8, 4) is 0 Å². The van der Waals surface area contributed by atoms with Crippen LogP contribution in [0.2, 0.25) is 0 Å². The summed E-state index contributed by atoms with van der Waals surface area (Å²) in [6.07, 6.45) is 3.04. The monoisotopic (exact) mass is 281 g/mol. The number of aryl methyl sites for hydroxylation is 1. The van der Waals surface area contributed by atoms with Crippen molar-refractivity contribution in [2.75, 3.05) is 0 Å². The van der Waals surface area contributed by atoms with E-state index in [0.29, 0.717) is 0 Å². The smallest absolute Gasteiger partial charge is 0.269 e. The molecule has 0 saturated carbocycles. The maximum absolute atomic E-state index is 10.6. The largest absolute Gasteiger partial charge is 0.384 e. The first-order chi connectivity index (χ1) is 10.1. The van der Waals surface area contributed by atoms with Gasteiger partial charge < -0.3 is 5.11 Å². The second kappa shape index (κ2) is 5.50. The molecule has 4 heteroatoms. The number of aliphatic hydroxyl groups is 1. The summed E-state index contributed by atoms with van der Waals surface area (Å²) in [6, 6.07) is 14.3. The van der Waals surface area contributed by atoms with Crippen LogP contribution in [0.3, 0.4) is 0 Å². The highest BCUT2D eigenvalue weighted by Gasteiger charge is 2.21. The Hall–Kier alpha value is -2.46. The zero-order chi connectivity index (χ0) is 14.8. The van der Waals surface area contributed by atoms with Crippen molar-refractivity contribution in [1.29, 1.82) is 0 Å². The molecule has 0 aromatic heterocycles.